The highest BCUT2D eigenvalue weighted by Crippen LogP contribution is 2.41. The van der Waals surface area contributed by atoms with E-state index in [1.165, 1.54) is 6.42 Å². The van der Waals surface area contributed by atoms with Crippen LogP contribution in [0.2, 0.25) is 0 Å². The second-order valence-corrected chi connectivity index (χ2v) is 6.26. The summed E-state index contributed by atoms with van der Waals surface area (Å²) in [5.74, 6) is 1.16. The topological polar surface area (TPSA) is 109 Å². The molecule has 0 radical (unpaired) electrons. The molecular weight excluding hydrogens is 302 g/mol. The average Bonchev–Trinajstić information content (AvgIpc) is 2.90. The Bertz CT molecular complexity index is 706. The lowest BCUT2D eigenvalue weighted by atomic mass is 10.2. The molecule has 0 saturated heterocycles. The fraction of sp³-hybridized carbons (Fsp3) is 0.500. The molecule has 0 aromatic carbocycles. The third kappa shape index (κ3) is 2.43. The van der Waals surface area contributed by atoms with Crippen LogP contribution in [0.1, 0.15) is 41.7 Å². The first kappa shape index (κ1) is 14.8. The SMILES string of the molecule is CCOC(=O)c1sc(N)c(-c2nnc3n2CCCCC3)c1N. The van der Waals surface area contributed by atoms with Gasteiger partial charge in [0.15, 0.2) is 5.82 Å². The molecule has 4 N–H and O–H groups in total. The number of carbonyl (C=O) groups excluding carboxylic acids is 1. The molecule has 22 heavy (non-hydrogen) atoms. The van der Waals surface area contributed by atoms with Crippen molar-refractivity contribution < 1.29 is 9.53 Å². The Hall–Kier alpha value is -2.09. The number of hydrogen-bond donors (Lipinski definition) is 2. The summed E-state index contributed by atoms with van der Waals surface area (Å²) >= 11 is 1.14. The van der Waals surface area contributed by atoms with Gasteiger partial charge < -0.3 is 20.8 Å². The zero-order valence-corrected chi connectivity index (χ0v) is 13.3. The molecule has 118 valence electrons. The van der Waals surface area contributed by atoms with Crippen LogP contribution in [0.3, 0.4) is 0 Å². The van der Waals surface area contributed by atoms with Crippen LogP contribution in [0, 0.1) is 0 Å². The van der Waals surface area contributed by atoms with Crippen molar-refractivity contribution >= 4 is 28.0 Å². The molecular formula is C14H19N5O2S. The summed E-state index contributed by atoms with van der Waals surface area (Å²) in [6.07, 6.45) is 4.26. The number of rotatable bonds is 3. The first-order chi connectivity index (χ1) is 10.6. The Morgan fingerprint density at radius 3 is 2.91 bits per heavy atom. The van der Waals surface area contributed by atoms with E-state index in [9.17, 15) is 4.79 Å². The van der Waals surface area contributed by atoms with Crippen molar-refractivity contribution in [2.75, 3.05) is 18.1 Å². The number of thiophene rings is 1. The van der Waals surface area contributed by atoms with Crippen LogP contribution in [-0.2, 0) is 17.7 Å². The Kier molecular flexibility index (Phi) is 4.02. The van der Waals surface area contributed by atoms with E-state index in [1.807, 2.05) is 0 Å². The zero-order chi connectivity index (χ0) is 15.7. The molecule has 7 nitrogen and oxygen atoms in total. The zero-order valence-electron chi connectivity index (χ0n) is 12.5. The molecule has 1 aliphatic rings. The number of nitrogen functional groups attached to an aromatic ring is 2. The van der Waals surface area contributed by atoms with Crippen LogP contribution in [0.5, 0.6) is 0 Å². The third-order valence-corrected chi connectivity index (χ3v) is 4.78. The predicted octanol–water partition coefficient (Wildman–Crippen LogP) is 2.07. The Balaban J connectivity index is 2.06. The number of fused-ring (bicyclic) bond motifs is 1. The van der Waals surface area contributed by atoms with E-state index in [1.54, 1.807) is 6.92 Å². The average molecular weight is 321 g/mol. The van der Waals surface area contributed by atoms with Gasteiger partial charge in [0, 0.05) is 13.0 Å². The van der Waals surface area contributed by atoms with Crippen LogP contribution in [-0.4, -0.2) is 27.3 Å². The number of nitrogens with zero attached hydrogens (tertiary/aromatic N) is 3. The van der Waals surface area contributed by atoms with Gasteiger partial charge in [-0.2, -0.15) is 0 Å². The van der Waals surface area contributed by atoms with Crippen LogP contribution in [0.15, 0.2) is 0 Å². The van der Waals surface area contributed by atoms with Crippen molar-refractivity contribution in [3.05, 3.63) is 10.7 Å². The van der Waals surface area contributed by atoms with E-state index in [4.69, 9.17) is 16.2 Å². The maximum atomic E-state index is 12.0. The molecule has 1 aliphatic heterocycles. The molecule has 0 bridgehead atoms. The number of anilines is 2. The summed E-state index contributed by atoms with van der Waals surface area (Å²) in [6, 6.07) is 0. The highest BCUT2D eigenvalue weighted by atomic mass is 32.1. The monoisotopic (exact) mass is 321 g/mol. The summed E-state index contributed by atoms with van der Waals surface area (Å²) in [5, 5.41) is 8.99. The number of nitrogens with two attached hydrogens (primary N) is 2. The predicted molar refractivity (Wildman–Crippen MR) is 85.7 cm³/mol. The van der Waals surface area contributed by atoms with E-state index >= 15 is 0 Å². The van der Waals surface area contributed by atoms with E-state index in [2.05, 4.69) is 14.8 Å². The minimum absolute atomic E-state index is 0.297. The van der Waals surface area contributed by atoms with E-state index < -0.39 is 5.97 Å². The van der Waals surface area contributed by atoms with Gasteiger partial charge in [0.05, 0.1) is 22.9 Å². The van der Waals surface area contributed by atoms with Gasteiger partial charge in [-0.1, -0.05) is 6.42 Å². The van der Waals surface area contributed by atoms with Crippen molar-refractivity contribution in [2.45, 2.75) is 39.2 Å². The molecule has 0 saturated carbocycles. The van der Waals surface area contributed by atoms with Gasteiger partial charge in [-0.25, -0.2) is 4.79 Å². The highest BCUT2D eigenvalue weighted by Gasteiger charge is 2.26. The molecule has 0 spiro atoms. The second kappa shape index (κ2) is 5.96. The van der Waals surface area contributed by atoms with Crippen molar-refractivity contribution in [1.82, 2.24) is 14.8 Å². The molecule has 2 aromatic rings. The number of hydrogen-bond acceptors (Lipinski definition) is 7. The normalized spacial score (nSPS) is 14.4. The maximum absolute atomic E-state index is 12.0. The summed E-state index contributed by atoms with van der Waals surface area (Å²) in [4.78, 5) is 12.3. The van der Waals surface area contributed by atoms with Gasteiger partial charge in [0.25, 0.3) is 0 Å². The standard InChI is InChI=1S/C14H19N5O2S/c1-2-21-14(20)11-10(15)9(12(16)22-11)13-18-17-8-6-4-3-5-7-19(8)13/h2-7,15-16H2,1H3. The third-order valence-electron chi connectivity index (χ3n) is 3.77. The number of esters is 1. The highest BCUT2D eigenvalue weighted by molar-refractivity contribution is 7.19. The Labute approximate surface area is 132 Å². The van der Waals surface area contributed by atoms with Gasteiger partial charge in [0.2, 0.25) is 0 Å². The second-order valence-electron chi connectivity index (χ2n) is 5.21. The van der Waals surface area contributed by atoms with Gasteiger partial charge >= 0.3 is 5.97 Å². The molecule has 3 heterocycles. The van der Waals surface area contributed by atoms with Crippen molar-refractivity contribution in [1.29, 1.82) is 0 Å². The van der Waals surface area contributed by atoms with Gasteiger partial charge in [-0.05, 0) is 19.8 Å². The van der Waals surface area contributed by atoms with Crippen LogP contribution < -0.4 is 11.5 Å². The van der Waals surface area contributed by atoms with E-state index in [-0.39, 0.29) is 0 Å². The molecule has 3 rings (SSSR count). The van der Waals surface area contributed by atoms with Crippen LogP contribution in [0.25, 0.3) is 11.4 Å². The lowest BCUT2D eigenvalue weighted by molar-refractivity contribution is 0.0533. The number of aromatic nitrogens is 3. The Morgan fingerprint density at radius 2 is 2.14 bits per heavy atom. The number of aryl methyl sites for hydroxylation is 1. The molecule has 0 atom stereocenters. The Morgan fingerprint density at radius 1 is 1.32 bits per heavy atom. The first-order valence-electron chi connectivity index (χ1n) is 7.40. The maximum Gasteiger partial charge on any atom is 0.350 e. The van der Waals surface area contributed by atoms with Gasteiger partial charge in [0.1, 0.15) is 10.7 Å². The summed E-state index contributed by atoms with van der Waals surface area (Å²) < 4.78 is 7.09. The molecule has 0 unspecified atom stereocenters. The summed E-state index contributed by atoms with van der Waals surface area (Å²) in [7, 11) is 0. The molecule has 0 amide bonds. The minimum Gasteiger partial charge on any atom is -0.462 e. The smallest absolute Gasteiger partial charge is 0.350 e. The minimum atomic E-state index is -0.446. The van der Waals surface area contributed by atoms with Crippen LogP contribution >= 0.6 is 11.3 Å². The molecule has 0 aliphatic carbocycles. The van der Waals surface area contributed by atoms with Gasteiger partial charge in [-0.15, -0.1) is 21.5 Å². The largest absolute Gasteiger partial charge is 0.462 e. The summed E-state index contributed by atoms with van der Waals surface area (Å²) in [5.41, 5.74) is 13.2. The lowest BCUT2D eigenvalue weighted by Crippen LogP contribution is -2.07. The molecule has 2 aromatic heterocycles. The van der Waals surface area contributed by atoms with Crippen LogP contribution in [0.4, 0.5) is 10.7 Å². The first-order valence-corrected chi connectivity index (χ1v) is 8.22. The van der Waals surface area contributed by atoms with E-state index in [0.29, 0.717) is 33.6 Å². The summed E-state index contributed by atoms with van der Waals surface area (Å²) in [6.45, 7) is 2.90. The van der Waals surface area contributed by atoms with Crippen molar-refractivity contribution in [3.8, 4) is 11.4 Å². The number of ether oxygens (including phenoxy) is 1. The number of carbonyl (C=O) groups is 1. The molecule has 0 fully saturated rings. The fourth-order valence-electron chi connectivity index (χ4n) is 2.71. The lowest BCUT2D eigenvalue weighted by Gasteiger charge is -2.07. The van der Waals surface area contributed by atoms with Crippen molar-refractivity contribution in [2.24, 2.45) is 0 Å². The van der Waals surface area contributed by atoms with Crippen molar-refractivity contribution in [3.63, 3.8) is 0 Å². The van der Waals surface area contributed by atoms with E-state index in [0.717, 1.165) is 43.0 Å². The fourth-order valence-corrected chi connectivity index (χ4v) is 3.59. The molecule has 8 heteroatoms. The quantitative estimate of drug-likeness (QED) is 0.838. The van der Waals surface area contributed by atoms with Gasteiger partial charge in [-0.3, -0.25) is 0 Å².